The Hall–Kier alpha value is -2.88. The Kier molecular flexibility index (Phi) is 2.64. The zero-order chi connectivity index (χ0) is 14.3. The van der Waals surface area contributed by atoms with Gasteiger partial charge in [-0.2, -0.15) is 0 Å². The highest BCUT2D eigenvalue weighted by Crippen LogP contribution is 2.34. The fourth-order valence-corrected chi connectivity index (χ4v) is 2.16. The maximum atomic E-state index is 9.54. The van der Waals surface area contributed by atoms with Crippen LogP contribution >= 0.6 is 0 Å². The van der Waals surface area contributed by atoms with Crippen LogP contribution in [0.25, 0.3) is 21.9 Å². The normalized spacial score (nSPS) is 10.8. The fourth-order valence-electron chi connectivity index (χ4n) is 2.16. The van der Waals surface area contributed by atoms with Crippen LogP contribution in [0, 0.1) is 0 Å². The third kappa shape index (κ3) is 1.97. The molecule has 100 valence electrons. The topological polar surface area (TPSA) is 80.9 Å². The zero-order valence-electron chi connectivity index (χ0n) is 10.4. The smallest absolute Gasteiger partial charge is 0.158 e. The Labute approximate surface area is 114 Å². The van der Waals surface area contributed by atoms with Crippen molar-refractivity contribution in [2.24, 2.45) is 0 Å². The average Bonchev–Trinajstić information content (AvgIpc) is 2.43. The molecule has 0 bridgehead atoms. The van der Waals surface area contributed by atoms with E-state index in [0.29, 0.717) is 0 Å². The number of aromatic hydroxyl groups is 4. The van der Waals surface area contributed by atoms with Gasteiger partial charge in [-0.15, -0.1) is 0 Å². The quantitative estimate of drug-likeness (QED) is 0.510. The minimum Gasteiger partial charge on any atom is -0.504 e. The van der Waals surface area contributed by atoms with E-state index >= 15 is 0 Å². The van der Waals surface area contributed by atoms with Crippen LogP contribution in [0.4, 0.5) is 0 Å². The van der Waals surface area contributed by atoms with Crippen molar-refractivity contribution in [1.29, 1.82) is 0 Å². The molecule has 0 aliphatic rings. The van der Waals surface area contributed by atoms with Crippen molar-refractivity contribution in [2.75, 3.05) is 0 Å². The van der Waals surface area contributed by atoms with Gasteiger partial charge >= 0.3 is 0 Å². The summed E-state index contributed by atoms with van der Waals surface area (Å²) in [5.74, 6) is -0.691. The van der Waals surface area contributed by atoms with E-state index in [9.17, 15) is 20.4 Å². The monoisotopic (exact) mass is 268 g/mol. The molecule has 0 saturated heterocycles. The molecule has 4 N–H and O–H groups in total. The van der Waals surface area contributed by atoms with Crippen molar-refractivity contribution in [3.8, 4) is 34.1 Å². The second kappa shape index (κ2) is 4.35. The van der Waals surface area contributed by atoms with Gasteiger partial charge in [0.05, 0.1) is 0 Å². The first-order chi connectivity index (χ1) is 9.54. The van der Waals surface area contributed by atoms with E-state index in [1.54, 1.807) is 6.07 Å². The maximum absolute atomic E-state index is 9.54. The molecule has 0 unspecified atom stereocenters. The van der Waals surface area contributed by atoms with E-state index in [1.165, 1.54) is 24.3 Å². The standard InChI is InChI=1S/C16H12O4/c17-13-4-3-10(6-14(13)18)9-1-2-11-7-15(19)16(20)8-12(11)5-9/h1-8,17-20H. The Morgan fingerprint density at radius 2 is 1.00 bits per heavy atom. The van der Waals surface area contributed by atoms with Crippen LogP contribution in [0.1, 0.15) is 0 Å². The van der Waals surface area contributed by atoms with Crippen LogP contribution in [0.2, 0.25) is 0 Å². The average molecular weight is 268 g/mol. The largest absolute Gasteiger partial charge is 0.504 e. The molecule has 0 fully saturated rings. The van der Waals surface area contributed by atoms with Gasteiger partial charge in [0.2, 0.25) is 0 Å². The highest BCUT2D eigenvalue weighted by Gasteiger charge is 2.06. The van der Waals surface area contributed by atoms with Gasteiger partial charge in [-0.3, -0.25) is 0 Å². The molecule has 0 amide bonds. The van der Waals surface area contributed by atoms with Crippen molar-refractivity contribution < 1.29 is 20.4 Å². The molecule has 0 heterocycles. The number of hydrogen-bond donors (Lipinski definition) is 4. The van der Waals surface area contributed by atoms with Crippen LogP contribution in [-0.2, 0) is 0 Å². The number of rotatable bonds is 1. The molecule has 0 atom stereocenters. The van der Waals surface area contributed by atoms with E-state index < -0.39 is 0 Å². The minimum atomic E-state index is -0.184. The lowest BCUT2D eigenvalue weighted by Gasteiger charge is -2.07. The highest BCUT2D eigenvalue weighted by atomic mass is 16.3. The van der Waals surface area contributed by atoms with Crippen molar-refractivity contribution >= 4 is 10.8 Å². The molecular formula is C16H12O4. The lowest BCUT2D eigenvalue weighted by atomic mass is 10.0. The van der Waals surface area contributed by atoms with Gasteiger partial charge in [0, 0.05) is 0 Å². The predicted octanol–water partition coefficient (Wildman–Crippen LogP) is 3.33. The lowest BCUT2D eigenvalue weighted by molar-refractivity contribution is 0.404. The van der Waals surface area contributed by atoms with Crippen molar-refractivity contribution in [3.63, 3.8) is 0 Å². The second-order valence-corrected chi connectivity index (χ2v) is 4.61. The summed E-state index contributed by atoms with van der Waals surface area (Å²) in [7, 11) is 0. The summed E-state index contributed by atoms with van der Waals surface area (Å²) in [5, 5.41) is 39.4. The number of phenols is 4. The van der Waals surface area contributed by atoms with Crippen molar-refractivity contribution in [3.05, 3.63) is 48.5 Å². The number of fused-ring (bicyclic) bond motifs is 1. The van der Waals surface area contributed by atoms with Crippen LogP contribution in [-0.4, -0.2) is 20.4 Å². The Balaban J connectivity index is 2.17. The Bertz CT molecular complexity index is 809. The van der Waals surface area contributed by atoms with Crippen LogP contribution in [0.5, 0.6) is 23.0 Å². The SMILES string of the molecule is Oc1ccc(-c2ccc3cc(O)c(O)cc3c2)cc1O. The molecule has 0 aliphatic heterocycles. The summed E-state index contributed by atoms with van der Waals surface area (Å²) in [6.07, 6.45) is 0. The molecule has 0 aromatic heterocycles. The number of hydrogen-bond acceptors (Lipinski definition) is 4. The van der Waals surface area contributed by atoms with Crippen molar-refractivity contribution in [1.82, 2.24) is 0 Å². The molecule has 20 heavy (non-hydrogen) atoms. The van der Waals surface area contributed by atoms with Gasteiger partial charge in [0.1, 0.15) is 0 Å². The molecule has 3 aromatic carbocycles. The molecular weight excluding hydrogens is 256 g/mol. The molecule has 3 rings (SSSR count). The molecule has 0 saturated carbocycles. The molecule has 0 radical (unpaired) electrons. The van der Waals surface area contributed by atoms with Crippen LogP contribution in [0.3, 0.4) is 0 Å². The predicted molar refractivity (Wildman–Crippen MR) is 76.0 cm³/mol. The van der Waals surface area contributed by atoms with E-state index in [1.807, 2.05) is 18.2 Å². The Morgan fingerprint density at radius 3 is 1.70 bits per heavy atom. The summed E-state index contributed by atoms with van der Waals surface area (Å²) in [6.45, 7) is 0. The Morgan fingerprint density at radius 1 is 0.450 bits per heavy atom. The van der Waals surface area contributed by atoms with Gasteiger partial charge in [0.25, 0.3) is 0 Å². The van der Waals surface area contributed by atoms with Crippen LogP contribution in [0.15, 0.2) is 48.5 Å². The summed E-state index contributed by atoms with van der Waals surface area (Å²) in [4.78, 5) is 0. The van der Waals surface area contributed by atoms with Gasteiger partial charge < -0.3 is 20.4 Å². The van der Waals surface area contributed by atoms with E-state index in [-0.39, 0.29) is 23.0 Å². The van der Waals surface area contributed by atoms with Crippen molar-refractivity contribution in [2.45, 2.75) is 0 Å². The summed E-state index contributed by atoms with van der Waals surface area (Å²) in [6, 6.07) is 13.0. The second-order valence-electron chi connectivity index (χ2n) is 4.61. The van der Waals surface area contributed by atoms with Gasteiger partial charge in [0.15, 0.2) is 23.0 Å². The molecule has 0 aliphatic carbocycles. The summed E-state index contributed by atoms with van der Waals surface area (Å²) >= 11 is 0. The first-order valence-corrected chi connectivity index (χ1v) is 6.03. The number of benzene rings is 3. The fraction of sp³-hybridized carbons (Fsp3) is 0. The summed E-state index contributed by atoms with van der Waals surface area (Å²) in [5.41, 5.74) is 1.58. The van der Waals surface area contributed by atoms with Gasteiger partial charge in [-0.05, 0) is 52.2 Å². The lowest BCUT2D eigenvalue weighted by Crippen LogP contribution is -1.80. The zero-order valence-corrected chi connectivity index (χ0v) is 10.4. The molecule has 3 aromatic rings. The molecule has 4 nitrogen and oxygen atoms in total. The highest BCUT2D eigenvalue weighted by molar-refractivity contribution is 5.90. The summed E-state index contributed by atoms with van der Waals surface area (Å²) < 4.78 is 0. The minimum absolute atomic E-state index is 0.160. The van der Waals surface area contributed by atoms with E-state index in [0.717, 1.165) is 21.9 Å². The third-order valence-corrected chi connectivity index (χ3v) is 3.24. The maximum Gasteiger partial charge on any atom is 0.158 e. The van der Waals surface area contributed by atoms with E-state index in [4.69, 9.17) is 0 Å². The first-order valence-electron chi connectivity index (χ1n) is 6.03. The molecule has 4 heteroatoms. The van der Waals surface area contributed by atoms with Crippen LogP contribution < -0.4 is 0 Å². The van der Waals surface area contributed by atoms with Gasteiger partial charge in [-0.1, -0.05) is 18.2 Å². The number of phenolic OH excluding ortho intramolecular Hbond substituents is 4. The third-order valence-electron chi connectivity index (χ3n) is 3.24. The first kappa shape index (κ1) is 12.2. The van der Waals surface area contributed by atoms with E-state index in [2.05, 4.69) is 0 Å². The molecule has 0 spiro atoms. The van der Waals surface area contributed by atoms with Gasteiger partial charge in [-0.25, -0.2) is 0 Å².